The van der Waals surface area contributed by atoms with Gasteiger partial charge in [-0.05, 0) is 37.5 Å². The molecule has 0 radical (unpaired) electrons. The van der Waals surface area contributed by atoms with Crippen LogP contribution in [0.25, 0.3) is 0 Å². The van der Waals surface area contributed by atoms with Crippen LogP contribution in [0.4, 0.5) is 13.2 Å². The predicted octanol–water partition coefficient (Wildman–Crippen LogP) is 3.43. The summed E-state index contributed by atoms with van der Waals surface area (Å²) in [7, 11) is 1.38. The highest BCUT2D eigenvalue weighted by Crippen LogP contribution is 2.49. The van der Waals surface area contributed by atoms with Crippen LogP contribution in [-0.4, -0.2) is 13.2 Å². The zero-order valence-corrected chi connectivity index (χ0v) is 10.3. The summed E-state index contributed by atoms with van der Waals surface area (Å²) in [6.07, 6.45) is -1.11. The Hall–Kier alpha value is -1.81. The molecular weight excluding hydrogens is 259 g/mol. The Morgan fingerprint density at radius 3 is 2.47 bits per heavy atom. The maximum atomic E-state index is 12.8. The highest BCUT2D eigenvalue weighted by molar-refractivity contribution is 5.47. The summed E-state index contributed by atoms with van der Waals surface area (Å²) in [5.74, 6) is 0.312. The van der Waals surface area contributed by atoms with Crippen molar-refractivity contribution in [3.8, 4) is 5.75 Å². The number of halogens is 3. The molecule has 1 aliphatic carbocycles. The number of nitrogens with zero attached hydrogens (tertiary/aromatic N) is 1. The van der Waals surface area contributed by atoms with Gasteiger partial charge in [-0.25, -0.2) is 4.79 Å². The number of methoxy groups -OCH3 is 1. The van der Waals surface area contributed by atoms with E-state index in [4.69, 9.17) is 4.74 Å². The lowest BCUT2D eigenvalue weighted by Crippen LogP contribution is -2.32. The van der Waals surface area contributed by atoms with Gasteiger partial charge in [-0.1, -0.05) is 0 Å². The van der Waals surface area contributed by atoms with Crippen LogP contribution in [0.5, 0.6) is 5.75 Å². The van der Waals surface area contributed by atoms with Gasteiger partial charge in [0, 0.05) is 5.56 Å². The molecule has 19 heavy (non-hydrogen) atoms. The van der Waals surface area contributed by atoms with Crippen LogP contribution in [0.1, 0.15) is 30.4 Å². The van der Waals surface area contributed by atoms with Gasteiger partial charge in [-0.2, -0.15) is 18.2 Å². The Balaban J connectivity index is 2.56. The van der Waals surface area contributed by atoms with E-state index >= 15 is 0 Å². The first-order chi connectivity index (χ1) is 8.93. The highest BCUT2D eigenvalue weighted by Gasteiger charge is 2.42. The molecule has 0 unspecified atom stereocenters. The quantitative estimate of drug-likeness (QED) is 0.624. The summed E-state index contributed by atoms with van der Waals surface area (Å²) in [6.45, 7) is 0. The molecular formula is C13H12F3NO2. The molecule has 1 aromatic carbocycles. The third kappa shape index (κ3) is 2.36. The summed E-state index contributed by atoms with van der Waals surface area (Å²) in [4.78, 5) is 14.2. The Morgan fingerprint density at radius 1 is 1.37 bits per heavy atom. The van der Waals surface area contributed by atoms with Gasteiger partial charge in [0.2, 0.25) is 6.08 Å². The maximum Gasteiger partial charge on any atom is 0.416 e. The summed E-state index contributed by atoms with van der Waals surface area (Å²) in [5, 5.41) is 0. The minimum atomic E-state index is -4.43. The molecule has 0 bridgehead atoms. The highest BCUT2D eigenvalue weighted by atomic mass is 19.4. The van der Waals surface area contributed by atoms with Gasteiger partial charge in [-0.3, -0.25) is 0 Å². The van der Waals surface area contributed by atoms with E-state index < -0.39 is 17.3 Å². The largest absolute Gasteiger partial charge is 0.496 e. The van der Waals surface area contributed by atoms with Gasteiger partial charge in [0.15, 0.2) is 0 Å². The summed E-state index contributed by atoms with van der Waals surface area (Å²) in [6, 6.07) is 3.23. The van der Waals surface area contributed by atoms with Crippen LogP contribution in [0.3, 0.4) is 0 Å². The van der Waals surface area contributed by atoms with Gasteiger partial charge < -0.3 is 4.74 Å². The van der Waals surface area contributed by atoms with E-state index in [9.17, 15) is 18.0 Å². The van der Waals surface area contributed by atoms with Crippen molar-refractivity contribution in [3.05, 3.63) is 29.3 Å². The van der Waals surface area contributed by atoms with Crippen molar-refractivity contribution in [1.82, 2.24) is 0 Å². The topological polar surface area (TPSA) is 38.7 Å². The normalized spacial score (nSPS) is 17.3. The summed E-state index contributed by atoms with van der Waals surface area (Å²) in [5.41, 5.74) is -1.37. The first kappa shape index (κ1) is 13.6. The molecule has 0 N–H and O–H groups in total. The number of ether oxygens (including phenoxy) is 1. The van der Waals surface area contributed by atoms with Crippen molar-refractivity contribution < 1.29 is 22.7 Å². The van der Waals surface area contributed by atoms with E-state index in [1.807, 2.05) is 0 Å². The number of carbonyl (C=O) groups excluding carboxylic acids is 1. The number of hydrogen-bond donors (Lipinski definition) is 0. The SMILES string of the molecule is COc1ccc(C(F)(F)F)cc1C1(N=C=O)CCC1. The third-order valence-electron chi connectivity index (χ3n) is 3.47. The minimum Gasteiger partial charge on any atom is -0.496 e. The zero-order valence-electron chi connectivity index (χ0n) is 10.3. The first-order valence-electron chi connectivity index (χ1n) is 5.78. The summed E-state index contributed by atoms with van der Waals surface area (Å²) < 4.78 is 43.3. The number of rotatable bonds is 3. The van der Waals surface area contributed by atoms with Crippen molar-refractivity contribution in [2.45, 2.75) is 31.0 Å². The Labute approximate surface area is 108 Å². The molecule has 1 aliphatic rings. The van der Waals surface area contributed by atoms with Crippen LogP contribution < -0.4 is 4.74 Å². The molecule has 3 nitrogen and oxygen atoms in total. The molecule has 0 saturated heterocycles. The van der Waals surface area contributed by atoms with Crippen molar-refractivity contribution in [3.63, 3.8) is 0 Å². The molecule has 2 rings (SSSR count). The van der Waals surface area contributed by atoms with Gasteiger partial charge in [0.25, 0.3) is 0 Å². The molecule has 0 amide bonds. The Kier molecular flexibility index (Phi) is 3.37. The van der Waals surface area contributed by atoms with Crippen LogP contribution >= 0.6 is 0 Å². The van der Waals surface area contributed by atoms with Gasteiger partial charge in [0.1, 0.15) is 11.3 Å². The van der Waals surface area contributed by atoms with Gasteiger partial charge >= 0.3 is 6.18 Å². The number of hydrogen-bond acceptors (Lipinski definition) is 3. The molecule has 1 saturated carbocycles. The molecule has 1 fully saturated rings. The monoisotopic (exact) mass is 271 g/mol. The van der Waals surface area contributed by atoms with Crippen LogP contribution in [0, 0.1) is 0 Å². The number of aliphatic imine (C=N–C) groups is 1. The van der Waals surface area contributed by atoms with Crippen molar-refractivity contribution in [2.24, 2.45) is 4.99 Å². The standard InChI is InChI=1S/C13H12F3NO2/c1-19-11-4-3-9(13(14,15)16)7-10(11)12(17-8-18)5-2-6-12/h3-4,7H,2,5-6H2,1H3. The van der Waals surface area contributed by atoms with Crippen LogP contribution in [0.15, 0.2) is 23.2 Å². The van der Waals surface area contributed by atoms with Crippen LogP contribution in [0.2, 0.25) is 0 Å². The Morgan fingerprint density at radius 2 is 2.05 bits per heavy atom. The fourth-order valence-corrected chi connectivity index (χ4v) is 2.29. The minimum absolute atomic E-state index is 0.305. The van der Waals surface area contributed by atoms with Crippen molar-refractivity contribution >= 4 is 6.08 Å². The first-order valence-corrected chi connectivity index (χ1v) is 5.78. The lowest BCUT2D eigenvalue weighted by atomic mass is 9.71. The molecule has 0 atom stereocenters. The average molecular weight is 271 g/mol. The fourth-order valence-electron chi connectivity index (χ4n) is 2.29. The third-order valence-corrected chi connectivity index (χ3v) is 3.47. The van der Waals surface area contributed by atoms with E-state index in [0.29, 0.717) is 24.2 Å². The number of isocyanates is 1. The molecule has 0 heterocycles. The second-order valence-electron chi connectivity index (χ2n) is 4.50. The molecule has 0 aromatic heterocycles. The van der Waals surface area contributed by atoms with Gasteiger partial charge in [-0.15, -0.1) is 0 Å². The van der Waals surface area contributed by atoms with E-state index in [1.165, 1.54) is 19.3 Å². The Bertz CT molecular complexity index is 529. The second-order valence-corrected chi connectivity index (χ2v) is 4.50. The molecule has 0 spiro atoms. The lowest BCUT2D eigenvalue weighted by molar-refractivity contribution is -0.137. The van der Waals surface area contributed by atoms with E-state index in [2.05, 4.69) is 4.99 Å². The average Bonchev–Trinajstić information content (AvgIpc) is 2.32. The number of benzene rings is 1. The molecule has 102 valence electrons. The molecule has 0 aliphatic heterocycles. The lowest BCUT2D eigenvalue weighted by Gasteiger charge is -2.38. The second kappa shape index (κ2) is 4.70. The van der Waals surface area contributed by atoms with Gasteiger partial charge in [0.05, 0.1) is 12.7 Å². The zero-order chi connectivity index (χ0) is 14.1. The van der Waals surface area contributed by atoms with E-state index in [0.717, 1.165) is 18.6 Å². The molecule has 1 aromatic rings. The predicted molar refractivity (Wildman–Crippen MR) is 61.6 cm³/mol. The van der Waals surface area contributed by atoms with E-state index in [1.54, 1.807) is 0 Å². The van der Waals surface area contributed by atoms with Crippen molar-refractivity contribution in [2.75, 3.05) is 7.11 Å². The van der Waals surface area contributed by atoms with Crippen LogP contribution in [-0.2, 0) is 16.5 Å². The number of alkyl halides is 3. The smallest absolute Gasteiger partial charge is 0.416 e. The summed E-state index contributed by atoms with van der Waals surface area (Å²) >= 11 is 0. The van der Waals surface area contributed by atoms with Crippen molar-refractivity contribution in [1.29, 1.82) is 0 Å². The maximum absolute atomic E-state index is 12.8. The van der Waals surface area contributed by atoms with E-state index in [-0.39, 0.29) is 0 Å². The fraction of sp³-hybridized carbons (Fsp3) is 0.462. The molecule has 6 heteroatoms.